The summed E-state index contributed by atoms with van der Waals surface area (Å²) in [6, 6.07) is 9.81. The Hall–Kier alpha value is -2.40. The molecule has 0 saturated carbocycles. The van der Waals surface area contributed by atoms with Gasteiger partial charge in [0.2, 0.25) is 0 Å². The molecular weight excluding hydrogens is 266 g/mol. The van der Waals surface area contributed by atoms with Crippen molar-refractivity contribution in [3.8, 4) is 0 Å². The highest BCUT2D eigenvalue weighted by atomic mass is 16.4. The molecule has 1 aromatic carbocycles. The fraction of sp³-hybridized carbons (Fsp3) is 0.250. The van der Waals surface area contributed by atoms with E-state index < -0.39 is 5.76 Å². The van der Waals surface area contributed by atoms with Gasteiger partial charge in [-0.3, -0.25) is 9.97 Å². The maximum atomic E-state index is 11.3. The summed E-state index contributed by atoms with van der Waals surface area (Å²) in [4.78, 5) is 18.0. The van der Waals surface area contributed by atoms with E-state index in [1.54, 1.807) is 12.4 Å². The van der Waals surface area contributed by atoms with Crippen molar-refractivity contribution in [3.63, 3.8) is 0 Å². The quantitative estimate of drug-likeness (QED) is 0.755. The van der Waals surface area contributed by atoms with E-state index in [1.165, 1.54) is 0 Å². The standard InChI is InChI=1S/C16H17N3O2/c1-2-7-18-15(11-5-8-17-9-6-11)12-3-4-13-14(10-12)21-16(20)19-13/h3-6,8-10,15,18H,2,7H2,1H3,(H,19,20). The lowest BCUT2D eigenvalue weighted by atomic mass is 9.99. The van der Waals surface area contributed by atoms with Gasteiger partial charge in [-0.15, -0.1) is 0 Å². The van der Waals surface area contributed by atoms with Crippen LogP contribution in [0.25, 0.3) is 11.1 Å². The molecule has 2 aromatic heterocycles. The Labute approximate surface area is 122 Å². The van der Waals surface area contributed by atoms with E-state index in [-0.39, 0.29) is 6.04 Å². The van der Waals surface area contributed by atoms with Crippen molar-refractivity contribution in [2.24, 2.45) is 0 Å². The van der Waals surface area contributed by atoms with E-state index in [4.69, 9.17) is 4.42 Å². The Balaban J connectivity index is 2.02. The molecule has 1 atom stereocenters. The lowest BCUT2D eigenvalue weighted by molar-refractivity contribution is 0.553. The summed E-state index contributed by atoms with van der Waals surface area (Å²) in [6.07, 6.45) is 4.61. The first-order chi connectivity index (χ1) is 10.3. The molecule has 0 fully saturated rings. The van der Waals surface area contributed by atoms with Crippen LogP contribution >= 0.6 is 0 Å². The van der Waals surface area contributed by atoms with Crippen molar-refractivity contribution in [1.29, 1.82) is 0 Å². The third kappa shape index (κ3) is 2.87. The second-order valence-electron chi connectivity index (χ2n) is 4.94. The molecule has 0 radical (unpaired) electrons. The molecule has 5 heteroatoms. The fourth-order valence-electron chi connectivity index (χ4n) is 2.41. The number of oxazole rings is 1. The molecule has 0 saturated heterocycles. The molecule has 0 aliphatic heterocycles. The number of nitrogens with zero attached hydrogens (tertiary/aromatic N) is 1. The third-order valence-corrected chi connectivity index (χ3v) is 3.42. The van der Waals surface area contributed by atoms with Crippen molar-refractivity contribution in [1.82, 2.24) is 15.3 Å². The molecule has 0 spiro atoms. The van der Waals surface area contributed by atoms with Gasteiger partial charge in [-0.05, 0) is 48.4 Å². The van der Waals surface area contributed by atoms with Gasteiger partial charge < -0.3 is 9.73 Å². The lowest BCUT2D eigenvalue weighted by Crippen LogP contribution is -2.23. The zero-order valence-corrected chi connectivity index (χ0v) is 11.8. The summed E-state index contributed by atoms with van der Waals surface area (Å²) in [5.74, 6) is -0.427. The molecule has 2 N–H and O–H groups in total. The number of benzene rings is 1. The van der Waals surface area contributed by atoms with Crippen LogP contribution in [0.5, 0.6) is 0 Å². The topological polar surface area (TPSA) is 70.9 Å². The number of hydrogen-bond donors (Lipinski definition) is 2. The van der Waals surface area contributed by atoms with E-state index in [1.807, 2.05) is 30.3 Å². The Morgan fingerprint density at radius 3 is 2.81 bits per heavy atom. The van der Waals surface area contributed by atoms with Crippen LogP contribution in [-0.2, 0) is 0 Å². The van der Waals surface area contributed by atoms with Gasteiger partial charge in [0.25, 0.3) is 0 Å². The van der Waals surface area contributed by atoms with Crippen molar-refractivity contribution < 1.29 is 4.42 Å². The lowest BCUT2D eigenvalue weighted by Gasteiger charge is -2.19. The minimum Gasteiger partial charge on any atom is -0.408 e. The minimum atomic E-state index is -0.427. The number of aromatic nitrogens is 2. The first-order valence-corrected chi connectivity index (χ1v) is 7.04. The van der Waals surface area contributed by atoms with Crippen LogP contribution < -0.4 is 11.1 Å². The van der Waals surface area contributed by atoms with Gasteiger partial charge in [-0.1, -0.05) is 13.0 Å². The molecule has 2 heterocycles. The Bertz CT molecular complexity index is 777. The fourth-order valence-corrected chi connectivity index (χ4v) is 2.41. The SMILES string of the molecule is CCCNC(c1ccncc1)c1ccc2[nH]c(=O)oc2c1. The molecule has 0 aliphatic rings. The first kappa shape index (κ1) is 13.6. The van der Waals surface area contributed by atoms with Crippen LogP contribution in [0.4, 0.5) is 0 Å². The van der Waals surface area contributed by atoms with E-state index in [0.717, 1.165) is 24.1 Å². The number of aromatic amines is 1. The number of fused-ring (bicyclic) bond motifs is 1. The number of H-pyrrole nitrogens is 1. The van der Waals surface area contributed by atoms with Crippen LogP contribution in [0, 0.1) is 0 Å². The van der Waals surface area contributed by atoms with Crippen LogP contribution in [-0.4, -0.2) is 16.5 Å². The van der Waals surface area contributed by atoms with Gasteiger partial charge in [-0.2, -0.15) is 0 Å². The highest BCUT2D eigenvalue weighted by molar-refractivity contribution is 5.73. The summed E-state index contributed by atoms with van der Waals surface area (Å²) in [5, 5.41) is 3.52. The number of pyridine rings is 1. The van der Waals surface area contributed by atoms with Crippen LogP contribution in [0.15, 0.2) is 51.9 Å². The summed E-state index contributed by atoms with van der Waals surface area (Å²) < 4.78 is 5.15. The van der Waals surface area contributed by atoms with Crippen LogP contribution in [0.3, 0.4) is 0 Å². The third-order valence-electron chi connectivity index (χ3n) is 3.42. The maximum Gasteiger partial charge on any atom is 0.417 e. The zero-order valence-electron chi connectivity index (χ0n) is 11.8. The van der Waals surface area contributed by atoms with E-state index in [0.29, 0.717) is 11.1 Å². The van der Waals surface area contributed by atoms with Crippen LogP contribution in [0.2, 0.25) is 0 Å². The van der Waals surface area contributed by atoms with E-state index >= 15 is 0 Å². The minimum absolute atomic E-state index is 0.0533. The van der Waals surface area contributed by atoms with Gasteiger partial charge in [-0.25, -0.2) is 4.79 Å². The summed E-state index contributed by atoms with van der Waals surface area (Å²) >= 11 is 0. The Morgan fingerprint density at radius 2 is 2.05 bits per heavy atom. The maximum absolute atomic E-state index is 11.3. The predicted molar refractivity (Wildman–Crippen MR) is 81.2 cm³/mol. The highest BCUT2D eigenvalue weighted by Gasteiger charge is 2.14. The average Bonchev–Trinajstić information content (AvgIpc) is 2.88. The molecule has 3 aromatic rings. The second-order valence-corrected chi connectivity index (χ2v) is 4.94. The molecule has 21 heavy (non-hydrogen) atoms. The first-order valence-electron chi connectivity index (χ1n) is 7.04. The predicted octanol–water partition coefficient (Wildman–Crippen LogP) is 2.61. The molecular formula is C16H17N3O2. The summed E-state index contributed by atoms with van der Waals surface area (Å²) in [6.45, 7) is 3.03. The summed E-state index contributed by atoms with van der Waals surface area (Å²) in [7, 11) is 0. The van der Waals surface area contributed by atoms with E-state index in [2.05, 4.69) is 22.2 Å². The molecule has 0 amide bonds. The summed E-state index contributed by atoms with van der Waals surface area (Å²) in [5.41, 5.74) is 3.49. The van der Waals surface area contributed by atoms with Crippen molar-refractivity contribution >= 4 is 11.1 Å². The number of nitrogens with one attached hydrogen (secondary N) is 2. The van der Waals surface area contributed by atoms with Crippen molar-refractivity contribution in [2.45, 2.75) is 19.4 Å². The molecule has 1 unspecified atom stereocenters. The van der Waals surface area contributed by atoms with Crippen LogP contribution in [0.1, 0.15) is 30.5 Å². The second kappa shape index (κ2) is 5.93. The Morgan fingerprint density at radius 1 is 1.24 bits per heavy atom. The Kier molecular flexibility index (Phi) is 3.83. The van der Waals surface area contributed by atoms with Gasteiger partial charge >= 0.3 is 5.76 Å². The average molecular weight is 283 g/mol. The van der Waals surface area contributed by atoms with Gasteiger partial charge in [0.15, 0.2) is 5.58 Å². The van der Waals surface area contributed by atoms with Gasteiger partial charge in [0.05, 0.1) is 11.6 Å². The molecule has 3 rings (SSSR count). The van der Waals surface area contributed by atoms with E-state index in [9.17, 15) is 4.79 Å². The monoisotopic (exact) mass is 283 g/mol. The molecule has 108 valence electrons. The largest absolute Gasteiger partial charge is 0.417 e. The highest BCUT2D eigenvalue weighted by Crippen LogP contribution is 2.24. The molecule has 0 bridgehead atoms. The molecule has 5 nitrogen and oxygen atoms in total. The van der Waals surface area contributed by atoms with Gasteiger partial charge in [0.1, 0.15) is 0 Å². The zero-order chi connectivity index (χ0) is 14.7. The normalized spacial score (nSPS) is 12.6. The number of rotatable bonds is 5. The smallest absolute Gasteiger partial charge is 0.408 e. The molecule has 0 aliphatic carbocycles. The van der Waals surface area contributed by atoms with Gasteiger partial charge in [0, 0.05) is 12.4 Å². The van der Waals surface area contributed by atoms with Crippen molar-refractivity contribution in [2.75, 3.05) is 6.54 Å². The number of hydrogen-bond acceptors (Lipinski definition) is 4. The van der Waals surface area contributed by atoms with Crippen molar-refractivity contribution in [3.05, 3.63) is 64.4 Å².